The average Bonchev–Trinajstić information content (AvgIpc) is 2.39. The molecule has 19 heavy (non-hydrogen) atoms. The van der Waals surface area contributed by atoms with Gasteiger partial charge in [-0.15, -0.1) is 0 Å². The molecule has 0 unspecified atom stereocenters. The number of carboxylic acids is 1. The minimum absolute atomic E-state index is 0.0707. The lowest BCUT2D eigenvalue weighted by molar-refractivity contribution is -0.150. The van der Waals surface area contributed by atoms with Gasteiger partial charge in [0.05, 0.1) is 5.41 Å². The van der Waals surface area contributed by atoms with Crippen LogP contribution >= 0.6 is 0 Å². The number of likely N-dealkylation sites (tertiary alicyclic amines) is 1. The van der Waals surface area contributed by atoms with Crippen LogP contribution < -0.4 is 5.32 Å². The number of carbonyl (C=O) groups excluding carboxylic acids is 1. The molecule has 1 aliphatic rings. The topological polar surface area (TPSA) is 69.6 Å². The van der Waals surface area contributed by atoms with Crippen LogP contribution in [0.4, 0.5) is 4.79 Å². The maximum atomic E-state index is 12.2. The van der Waals surface area contributed by atoms with Gasteiger partial charge in [0.15, 0.2) is 0 Å². The average molecular weight is 270 g/mol. The standard InChI is InChI=1S/C14H26N2O3/c1-5-14(4,6-2)15-12(19)16-9-7-13(3,8-10-16)11(17)18/h5-10H2,1-4H3,(H,15,19)(H,17,18). The van der Waals surface area contributed by atoms with Crippen molar-refractivity contribution in [3.63, 3.8) is 0 Å². The molecule has 0 aliphatic carbocycles. The quantitative estimate of drug-likeness (QED) is 0.824. The van der Waals surface area contributed by atoms with E-state index in [1.54, 1.807) is 11.8 Å². The zero-order chi connectivity index (χ0) is 14.7. The fraction of sp³-hybridized carbons (Fsp3) is 0.857. The lowest BCUT2D eigenvalue weighted by Gasteiger charge is -2.38. The molecular formula is C14H26N2O3. The van der Waals surface area contributed by atoms with Crippen molar-refractivity contribution in [1.82, 2.24) is 10.2 Å². The van der Waals surface area contributed by atoms with E-state index < -0.39 is 11.4 Å². The number of carboxylic acid groups (broad SMARTS) is 1. The van der Waals surface area contributed by atoms with E-state index in [0.717, 1.165) is 12.8 Å². The van der Waals surface area contributed by atoms with E-state index in [2.05, 4.69) is 19.2 Å². The fourth-order valence-corrected chi connectivity index (χ4v) is 2.18. The first-order valence-corrected chi connectivity index (χ1v) is 7.07. The zero-order valence-electron chi connectivity index (χ0n) is 12.5. The molecule has 5 nitrogen and oxygen atoms in total. The third kappa shape index (κ3) is 3.61. The normalized spacial score (nSPS) is 19.1. The Morgan fingerprint density at radius 3 is 2.11 bits per heavy atom. The van der Waals surface area contributed by atoms with Crippen LogP contribution in [0.5, 0.6) is 0 Å². The maximum Gasteiger partial charge on any atom is 0.317 e. The molecule has 0 radical (unpaired) electrons. The highest BCUT2D eigenvalue weighted by molar-refractivity contribution is 5.77. The monoisotopic (exact) mass is 270 g/mol. The highest BCUT2D eigenvalue weighted by Crippen LogP contribution is 2.31. The Morgan fingerprint density at radius 1 is 1.26 bits per heavy atom. The van der Waals surface area contributed by atoms with Gasteiger partial charge in [-0.1, -0.05) is 13.8 Å². The Kier molecular flexibility index (Phi) is 4.82. The third-order valence-corrected chi connectivity index (χ3v) is 4.64. The number of rotatable bonds is 4. The smallest absolute Gasteiger partial charge is 0.317 e. The summed E-state index contributed by atoms with van der Waals surface area (Å²) < 4.78 is 0. The predicted octanol–water partition coefficient (Wildman–Crippen LogP) is 2.46. The fourth-order valence-electron chi connectivity index (χ4n) is 2.18. The number of aliphatic carboxylic acids is 1. The van der Waals surface area contributed by atoms with Crippen molar-refractivity contribution in [2.75, 3.05) is 13.1 Å². The van der Waals surface area contributed by atoms with Crippen LogP contribution in [-0.2, 0) is 4.79 Å². The Labute approximate surface area is 115 Å². The molecule has 2 amide bonds. The number of carbonyl (C=O) groups is 2. The molecule has 1 rings (SSSR count). The van der Waals surface area contributed by atoms with Crippen molar-refractivity contribution >= 4 is 12.0 Å². The lowest BCUT2D eigenvalue weighted by atomic mass is 9.80. The SMILES string of the molecule is CCC(C)(CC)NC(=O)N1CCC(C)(C(=O)O)CC1. The van der Waals surface area contributed by atoms with Crippen molar-refractivity contribution in [3.8, 4) is 0 Å². The minimum atomic E-state index is -0.764. The summed E-state index contributed by atoms with van der Waals surface area (Å²) in [5.41, 5.74) is -0.861. The van der Waals surface area contributed by atoms with Gasteiger partial charge in [-0.2, -0.15) is 0 Å². The molecule has 1 heterocycles. The van der Waals surface area contributed by atoms with Crippen LogP contribution in [0, 0.1) is 5.41 Å². The second-order valence-electron chi connectivity index (χ2n) is 6.05. The van der Waals surface area contributed by atoms with E-state index >= 15 is 0 Å². The first-order chi connectivity index (χ1) is 8.76. The largest absolute Gasteiger partial charge is 0.481 e. The number of hydrogen-bond acceptors (Lipinski definition) is 2. The Hall–Kier alpha value is -1.26. The molecule has 1 aliphatic heterocycles. The second-order valence-corrected chi connectivity index (χ2v) is 6.05. The van der Waals surface area contributed by atoms with Crippen LogP contribution in [0.3, 0.4) is 0 Å². The summed E-state index contributed by atoms with van der Waals surface area (Å²) in [5, 5.41) is 12.2. The van der Waals surface area contributed by atoms with Gasteiger partial charge in [0.25, 0.3) is 0 Å². The Bertz CT molecular complexity index is 343. The molecule has 110 valence electrons. The molecule has 0 saturated carbocycles. The molecule has 1 saturated heterocycles. The number of nitrogens with one attached hydrogen (secondary N) is 1. The molecule has 0 atom stereocenters. The van der Waals surface area contributed by atoms with Crippen LogP contribution in [0.1, 0.15) is 53.4 Å². The highest BCUT2D eigenvalue weighted by atomic mass is 16.4. The predicted molar refractivity (Wildman–Crippen MR) is 74.1 cm³/mol. The molecule has 1 fully saturated rings. The van der Waals surface area contributed by atoms with Gasteiger partial charge in [0.1, 0.15) is 0 Å². The third-order valence-electron chi connectivity index (χ3n) is 4.64. The van der Waals surface area contributed by atoms with Crippen molar-refractivity contribution in [2.45, 2.75) is 58.9 Å². The minimum Gasteiger partial charge on any atom is -0.481 e. The van der Waals surface area contributed by atoms with Gasteiger partial charge < -0.3 is 15.3 Å². The first kappa shape index (κ1) is 15.8. The van der Waals surface area contributed by atoms with Gasteiger partial charge in [-0.3, -0.25) is 4.79 Å². The summed E-state index contributed by atoms with van der Waals surface area (Å²) in [4.78, 5) is 25.1. The van der Waals surface area contributed by atoms with Crippen molar-refractivity contribution in [2.24, 2.45) is 5.41 Å². The number of piperidine rings is 1. The van der Waals surface area contributed by atoms with Crippen LogP contribution in [-0.4, -0.2) is 40.6 Å². The van der Waals surface area contributed by atoms with E-state index in [-0.39, 0.29) is 11.6 Å². The van der Waals surface area contributed by atoms with E-state index in [0.29, 0.717) is 25.9 Å². The van der Waals surface area contributed by atoms with E-state index in [1.165, 1.54) is 0 Å². The summed E-state index contributed by atoms with van der Waals surface area (Å²) in [7, 11) is 0. The Morgan fingerprint density at radius 2 is 1.74 bits per heavy atom. The number of amides is 2. The maximum absolute atomic E-state index is 12.2. The Balaban J connectivity index is 2.56. The number of nitrogens with zero attached hydrogens (tertiary/aromatic N) is 1. The molecule has 2 N–H and O–H groups in total. The van der Waals surface area contributed by atoms with Crippen molar-refractivity contribution in [1.29, 1.82) is 0 Å². The van der Waals surface area contributed by atoms with Gasteiger partial charge >= 0.3 is 12.0 Å². The van der Waals surface area contributed by atoms with Gasteiger partial charge in [0, 0.05) is 18.6 Å². The van der Waals surface area contributed by atoms with Crippen LogP contribution in [0.2, 0.25) is 0 Å². The lowest BCUT2D eigenvalue weighted by Crippen LogP contribution is -2.54. The van der Waals surface area contributed by atoms with Gasteiger partial charge in [-0.25, -0.2) is 4.79 Å². The van der Waals surface area contributed by atoms with Gasteiger partial charge in [0.2, 0.25) is 0 Å². The molecular weight excluding hydrogens is 244 g/mol. The molecule has 0 bridgehead atoms. The van der Waals surface area contributed by atoms with Crippen molar-refractivity contribution in [3.05, 3.63) is 0 Å². The van der Waals surface area contributed by atoms with Crippen molar-refractivity contribution < 1.29 is 14.7 Å². The summed E-state index contributed by atoms with van der Waals surface area (Å²) in [6.07, 6.45) is 2.81. The number of urea groups is 1. The highest BCUT2D eigenvalue weighted by Gasteiger charge is 2.38. The molecule has 0 aromatic heterocycles. The molecule has 0 aromatic carbocycles. The summed E-state index contributed by atoms with van der Waals surface area (Å²) in [6.45, 7) is 8.93. The summed E-state index contributed by atoms with van der Waals surface area (Å²) in [6, 6.07) is -0.0707. The van der Waals surface area contributed by atoms with Gasteiger partial charge in [-0.05, 0) is 39.5 Å². The first-order valence-electron chi connectivity index (χ1n) is 7.07. The molecule has 0 aromatic rings. The van der Waals surface area contributed by atoms with E-state index in [1.807, 2.05) is 6.92 Å². The zero-order valence-corrected chi connectivity index (χ0v) is 12.5. The summed E-state index contributed by atoms with van der Waals surface area (Å²) in [5.74, 6) is -0.764. The number of hydrogen-bond donors (Lipinski definition) is 2. The molecule has 5 heteroatoms. The second kappa shape index (κ2) is 5.80. The van der Waals surface area contributed by atoms with E-state index in [4.69, 9.17) is 5.11 Å². The molecule has 0 spiro atoms. The summed E-state index contributed by atoms with van der Waals surface area (Å²) >= 11 is 0. The van der Waals surface area contributed by atoms with Crippen LogP contribution in [0.25, 0.3) is 0 Å². The van der Waals surface area contributed by atoms with E-state index in [9.17, 15) is 9.59 Å². The van der Waals surface area contributed by atoms with Crippen LogP contribution in [0.15, 0.2) is 0 Å².